The fraction of sp³-hybridized carbons (Fsp3) is 0.846. The molecule has 1 rings (SSSR count). The van der Waals surface area contributed by atoms with Crippen LogP contribution < -0.4 is 11.1 Å². The molecule has 0 bridgehead atoms. The van der Waals surface area contributed by atoms with Crippen molar-refractivity contribution in [3.05, 3.63) is 0 Å². The SMILES string of the molecule is CCOC1CC(CC(=O)NC(C(N)=S)C(C)C)C1. The van der Waals surface area contributed by atoms with Gasteiger partial charge in [-0.05, 0) is 31.6 Å². The summed E-state index contributed by atoms with van der Waals surface area (Å²) in [4.78, 5) is 12.2. The van der Waals surface area contributed by atoms with Crippen molar-refractivity contribution in [3.63, 3.8) is 0 Å². The summed E-state index contributed by atoms with van der Waals surface area (Å²) in [7, 11) is 0. The summed E-state index contributed by atoms with van der Waals surface area (Å²) in [6, 6.07) is -0.199. The van der Waals surface area contributed by atoms with Gasteiger partial charge in [-0.3, -0.25) is 4.79 Å². The van der Waals surface area contributed by atoms with E-state index in [0.29, 0.717) is 23.4 Å². The Labute approximate surface area is 115 Å². The number of carbonyl (C=O) groups is 1. The number of hydrogen-bond donors (Lipinski definition) is 2. The van der Waals surface area contributed by atoms with Crippen molar-refractivity contribution in [1.29, 1.82) is 0 Å². The van der Waals surface area contributed by atoms with Gasteiger partial charge in [0.2, 0.25) is 5.91 Å². The molecule has 0 radical (unpaired) electrons. The summed E-state index contributed by atoms with van der Waals surface area (Å²) >= 11 is 4.96. The molecule has 104 valence electrons. The highest BCUT2D eigenvalue weighted by molar-refractivity contribution is 7.80. The molecule has 1 amide bonds. The standard InChI is InChI=1S/C13H24N2O2S/c1-4-17-10-5-9(6-10)7-11(16)15-12(8(2)3)13(14)18/h8-10,12H,4-7H2,1-3H3,(H2,14,18)(H,15,16). The highest BCUT2D eigenvalue weighted by Crippen LogP contribution is 2.32. The van der Waals surface area contributed by atoms with E-state index in [9.17, 15) is 4.79 Å². The van der Waals surface area contributed by atoms with Gasteiger partial charge >= 0.3 is 0 Å². The molecule has 18 heavy (non-hydrogen) atoms. The molecular weight excluding hydrogens is 248 g/mol. The monoisotopic (exact) mass is 272 g/mol. The van der Waals surface area contributed by atoms with Gasteiger partial charge in [0.15, 0.2) is 0 Å². The van der Waals surface area contributed by atoms with Crippen LogP contribution in [0.25, 0.3) is 0 Å². The van der Waals surface area contributed by atoms with Gasteiger partial charge in [-0.25, -0.2) is 0 Å². The smallest absolute Gasteiger partial charge is 0.220 e. The minimum Gasteiger partial charge on any atom is -0.392 e. The number of nitrogens with one attached hydrogen (secondary N) is 1. The molecule has 1 fully saturated rings. The van der Waals surface area contributed by atoms with Gasteiger partial charge in [0.1, 0.15) is 0 Å². The first-order valence-electron chi connectivity index (χ1n) is 6.64. The van der Waals surface area contributed by atoms with Crippen molar-refractivity contribution in [1.82, 2.24) is 5.32 Å². The van der Waals surface area contributed by atoms with E-state index in [1.807, 2.05) is 20.8 Å². The molecule has 4 nitrogen and oxygen atoms in total. The highest BCUT2D eigenvalue weighted by atomic mass is 32.1. The average molecular weight is 272 g/mol. The second-order valence-electron chi connectivity index (χ2n) is 5.31. The van der Waals surface area contributed by atoms with E-state index >= 15 is 0 Å². The lowest BCUT2D eigenvalue weighted by molar-refractivity contribution is -0.124. The Morgan fingerprint density at radius 3 is 2.56 bits per heavy atom. The maximum absolute atomic E-state index is 11.9. The molecule has 1 aliphatic rings. The summed E-state index contributed by atoms with van der Waals surface area (Å²) in [6.07, 6.45) is 2.88. The van der Waals surface area contributed by atoms with Crippen LogP contribution in [-0.4, -0.2) is 29.6 Å². The average Bonchev–Trinajstić information content (AvgIpc) is 2.22. The van der Waals surface area contributed by atoms with E-state index in [4.69, 9.17) is 22.7 Å². The lowest BCUT2D eigenvalue weighted by Gasteiger charge is -2.35. The molecule has 0 aromatic carbocycles. The topological polar surface area (TPSA) is 64.3 Å². The fourth-order valence-electron chi connectivity index (χ4n) is 2.27. The van der Waals surface area contributed by atoms with E-state index in [1.54, 1.807) is 0 Å². The Balaban J connectivity index is 2.28. The van der Waals surface area contributed by atoms with Gasteiger partial charge in [0.25, 0.3) is 0 Å². The second kappa shape index (κ2) is 7.04. The summed E-state index contributed by atoms with van der Waals surface area (Å²) in [6.45, 7) is 6.74. The third kappa shape index (κ3) is 4.53. The largest absolute Gasteiger partial charge is 0.392 e. The van der Waals surface area contributed by atoms with Gasteiger partial charge in [-0.2, -0.15) is 0 Å². The summed E-state index contributed by atoms with van der Waals surface area (Å²) in [5, 5.41) is 2.92. The van der Waals surface area contributed by atoms with E-state index in [-0.39, 0.29) is 17.9 Å². The van der Waals surface area contributed by atoms with Gasteiger partial charge < -0.3 is 15.8 Å². The van der Waals surface area contributed by atoms with Crippen molar-refractivity contribution in [2.24, 2.45) is 17.6 Å². The summed E-state index contributed by atoms with van der Waals surface area (Å²) < 4.78 is 5.47. The Hall–Kier alpha value is -0.680. The molecule has 1 saturated carbocycles. The van der Waals surface area contributed by atoms with Crippen molar-refractivity contribution < 1.29 is 9.53 Å². The highest BCUT2D eigenvalue weighted by Gasteiger charge is 2.31. The van der Waals surface area contributed by atoms with Crippen LogP contribution in [0.3, 0.4) is 0 Å². The van der Waals surface area contributed by atoms with Crippen molar-refractivity contribution in [3.8, 4) is 0 Å². The van der Waals surface area contributed by atoms with Crippen LogP contribution in [0.5, 0.6) is 0 Å². The maximum atomic E-state index is 11.9. The quantitative estimate of drug-likeness (QED) is 0.691. The zero-order chi connectivity index (χ0) is 13.7. The maximum Gasteiger partial charge on any atom is 0.220 e. The molecule has 3 N–H and O–H groups in total. The Bertz CT molecular complexity index is 301. The molecular formula is C13H24N2O2S. The van der Waals surface area contributed by atoms with Crippen LogP contribution in [0, 0.1) is 11.8 Å². The molecule has 0 aliphatic heterocycles. The van der Waals surface area contributed by atoms with Crippen LogP contribution in [-0.2, 0) is 9.53 Å². The molecule has 0 aromatic heterocycles. The Morgan fingerprint density at radius 1 is 1.50 bits per heavy atom. The number of carbonyl (C=O) groups excluding carboxylic acids is 1. The fourth-order valence-corrected chi connectivity index (χ4v) is 2.60. The third-order valence-electron chi connectivity index (χ3n) is 3.36. The van der Waals surface area contributed by atoms with Crippen molar-refractivity contribution in [2.45, 2.75) is 52.2 Å². The van der Waals surface area contributed by atoms with Crippen LogP contribution in [0.15, 0.2) is 0 Å². The van der Waals surface area contributed by atoms with Gasteiger partial charge in [0, 0.05) is 13.0 Å². The number of nitrogens with two attached hydrogens (primary N) is 1. The van der Waals surface area contributed by atoms with Crippen molar-refractivity contribution in [2.75, 3.05) is 6.61 Å². The van der Waals surface area contributed by atoms with Gasteiger partial charge in [-0.15, -0.1) is 0 Å². The van der Waals surface area contributed by atoms with E-state index in [0.717, 1.165) is 19.4 Å². The number of ether oxygens (including phenoxy) is 1. The molecule has 5 heteroatoms. The number of rotatable bonds is 7. The van der Waals surface area contributed by atoms with Crippen LogP contribution in [0.2, 0.25) is 0 Å². The minimum atomic E-state index is -0.199. The second-order valence-corrected chi connectivity index (χ2v) is 5.78. The first kappa shape index (κ1) is 15.4. The number of amides is 1. The van der Waals surface area contributed by atoms with Crippen LogP contribution >= 0.6 is 12.2 Å². The third-order valence-corrected chi connectivity index (χ3v) is 3.61. The molecule has 0 heterocycles. The van der Waals surface area contributed by atoms with Crippen LogP contribution in [0.4, 0.5) is 0 Å². The molecule has 0 aromatic rings. The molecule has 1 unspecified atom stereocenters. The van der Waals surface area contributed by atoms with E-state index in [1.165, 1.54) is 0 Å². The molecule has 1 atom stereocenters. The predicted octanol–water partition coefficient (Wildman–Crippen LogP) is 1.62. The number of thiocarbonyl (C=S) groups is 1. The Morgan fingerprint density at radius 2 is 2.11 bits per heavy atom. The summed E-state index contributed by atoms with van der Waals surface area (Å²) in [5.41, 5.74) is 5.62. The molecule has 1 aliphatic carbocycles. The van der Waals surface area contributed by atoms with E-state index in [2.05, 4.69) is 5.32 Å². The zero-order valence-corrected chi connectivity index (χ0v) is 12.3. The van der Waals surface area contributed by atoms with Crippen LogP contribution in [0.1, 0.15) is 40.0 Å². The predicted molar refractivity (Wildman–Crippen MR) is 76.3 cm³/mol. The normalized spacial score (nSPS) is 24.4. The molecule has 0 saturated heterocycles. The lowest BCUT2D eigenvalue weighted by Crippen LogP contribution is -2.48. The zero-order valence-electron chi connectivity index (χ0n) is 11.4. The first-order chi connectivity index (χ1) is 8.43. The first-order valence-corrected chi connectivity index (χ1v) is 7.05. The molecule has 0 spiro atoms. The van der Waals surface area contributed by atoms with Crippen molar-refractivity contribution >= 4 is 23.1 Å². The number of hydrogen-bond acceptors (Lipinski definition) is 3. The van der Waals surface area contributed by atoms with Gasteiger partial charge in [-0.1, -0.05) is 26.1 Å². The summed E-state index contributed by atoms with van der Waals surface area (Å²) in [5.74, 6) is 0.714. The van der Waals surface area contributed by atoms with Gasteiger partial charge in [0.05, 0.1) is 17.1 Å². The lowest BCUT2D eigenvalue weighted by atomic mass is 9.80. The minimum absolute atomic E-state index is 0.0430. The van der Waals surface area contributed by atoms with E-state index < -0.39 is 0 Å². The Kier molecular flexibility index (Phi) is 6.02.